The van der Waals surface area contributed by atoms with Gasteiger partial charge in [-0.05, 0) is 38.5 Å². The zero-order valence-corrected chi connectivity index (χ0v) is 11.5. The molecule has 0 amide bonds. The summed E-state index contributed by atoms with van der Waals surface area (Å²) < 4.78 is 11.2. The molecule has 1 aromatic heterocycles. The fourth-order valence-electron chi connectivity index (χ4n) is 2.32. The van der Waals surface area contributed by atoms with Gasteiger partial charge < -0.3 is 15.0 Å². The molecule has 5 nitrogen and oxygen atoms in total. The summed E-state index contributed by atoms with van der Waals surface area (Å²) in [5.74, 6) is 1.71. The van der Waals surface area contributed by atoms with Crippen molar-refractivity contribution < 1.29 is 9.26 Å². The third-order valence-corrected chi connectivity index (χ3v) is 3.83. The zero-order chi connectivity index (χ0) is 13.2. The molecule has 1 fully saturated rings. The van der Waals surface area contributed by atoms with E-state index in [0.717, 1.165) is 25.7 Å². The van der Waals surface area contributed by atoms with Crippen molar-refractivity contribution in [1.29, 1.82) is 0 Å². The Labute approximate surface area is 108 Å². The van der Waals surface area contributed by atoms with Crippen molar-refractivity contribution in [2.75, 3.05) is 6.61 Å². The van der Waals surface area contributed by atoms with Gasteiger partial charge in [0.1, 0.15) is 5.60 Å². The lowest BCUT2D eigenvalue weighted by atomic mass is 9.96. The Morgan fingerprint density at radius 2 is 2.06 bits per heavy atom. The quantitative estimate of drug-likeness (QED) is 0.808. The van der Waals surface area contributed by atoms with Crippen molar-refractivity contribution in [3.63, 3.8) is 0 Å². The molecule has 1 aliphatic carbocycles. The molecule has 1 aliphatic rings. The first-order chi connectivity index (χ1) is 8.66. The third kappa shape index (κ3) is 2.42. The van der Waals surface area contributed by atoms with Gasteiger partial charge >= 0.3 is 0 Å². The third-order valence-electron chi connectivity index (χ3n) is 3.83. The molecule has 1 unspecified atom stereocenters. The van der Waals surface area contributed by atoms with Crippen molar-refractivity contribution >= 4 is 0 Å². The lowest BCUT2D eigenvalue weighted by molar-refractivity contribution is -0.0583. The van der Waals surface area contributed by atoms with Crippen LogP contribution in [0.4, 0.5) is 0 Å². The number of nitrogens with zero attached hydrogens (tertiary/aromatic N) is 2. The molecule has 1 heterocycles. The summed E-state index contributed by atoms with van der Waals surface area (Å²) in [5.41, 5.74) is 5.65. The molecule has 0 aliphatic heterocycles. The minimum atomic E-state index is -0.431. The Bertz CT molecular complexity index is 383. The molecule has 1 atom stereocenters. The highest BCUT2D eigenvalue weighted by atomic mass is 16.5. The smallest absolute Gasteiger partial charge is 0.243 e. The Morgan fingerprint density at radius 1 is 1.39 bits per heavy atom. The number of ether oxygens (including phenoxy) is 1. The predicted octanol–water partition coefficient (Wildman–Crippen LogP) is 2.53. The van der Waals surface area contributed by atoms with Crippen LogP contribution in [-0.4, -0.2) is 16.7 Å². The van der Waals surface area contributed by atoms with E-state index in [-0.39, 0.29) is 6.04 Å². The normalized spacial score (nSPS) is 18.0. The van der Waals surface area contributed by atoms with Gasteiger partial charge in [0.15, 0.2) is 0 Å². The first-order valence-electron chi connectivity index (χ1n) is 6.90. The topological polar surface area (TPSA) is 74.2 Å². The van der Waals surface area contributed by atoms with Crippen molar-refractivity contribution in [1.82, 2.24) is 10.1 Å². The minimum absolute atomic E-state index is 0.112. The van der Waals surface area contributed by atoms with E-state index in [0.29, 0.717) is 24.2 Å². The lowest BCUT2D eigenvalue weighted by Crippen LogP contribution is -2.30. The van der Waals surface area contributed by atoms with Crippen LogP contribution in [0.5, 0.6) is 0 Å². The molecule has 0 saturated heterocycles. The Kier molecular flexibility index (Phi) is 4.02. The van der Waals surface area contributed by atoms with E-state index in [1.165, 1.54) is 0 Å². The Morgan fingerprint density at radius 3 is 2.56 bits per heavy atom. The maximum absolute atomic E-state index is 6.08. The largest absolute Gasteiger partial charge is 0.367 e. The number of hydrogen-bond donors (Lipinski definition) is 1. The van der Waals surface area contributed by atoms with Crippen LogP contribution in [0.2, 0.25) is 0 Å². The zero-order valence-electron chi connectivity index (χ0n) is 11.5. The highest BCUT2D eigenvalue weighted by molar-refractivity contribution is 5.05. The van der Waals surface area contributed by atoms with Gasteiger partial charge in [-0.1, -0.05) is 19.0 Å². The molecule has 0 spiro atoms. The van der Waals surface area contributed by atoms with Gasteiger partial charge in [0, 0.05) is 6.61 Å². The summed E-state index contributed by atoms with van der Waals surface area (Å²) in [7, 11) is 0. The summed E-state index contributed by atoms with van der Waals surface area (Å²) in [5, 5.41) is 4.09. The maximum Gasteiger partial charge on any atom is 0.243 e. The van der Waals surface area contributed by atoms with Gasteiger partial charge in [-0.2, -0.15) is 4.98 Å². The fraction of sp³-hybridized carbons (Fsp3) is 0.846. The van der Waals surface area contributed by atoms with Crippen LogP contribution < -0.4 is 5.73 Å². The minimum Gasteiger partial charge on any atom is -0.367 e. The average Bonchev–Trinajstić information content (AvgIpc) is 3.13. The molecular formula is C13H23N3O2. The van der Waals surface area contributed by atoms with E-state index >= 15 is 0 Å². The van der Waals surface area contributed by atoms with Gasteiger partial charge in [-0.25, -0.2) is 0 Å². The van der Waals surface area contributed by atoms with E-state index in [9.17, 15) is 0 Å². The van der Waals surface area contributed by atoms with E-state index in [1.54, 1.807) is 0 Å². The van der Waals surface area contributed by atoms with Crippen LogP contribution in [0.1, 0.15) is 64.2 Å². The summed E-state index contributed by atoms with van der Waals surface area (Å²) in [6, 6.07) is -0.112. The highest BCUT2D eigenvalue weighted by Gasteiger charge is 2.38. The van der Waals surface area contributed by atoms with Crippen LogP contribution in [-0.2, 0) is 10.3 Å². The van der Waals surface area contributed by atoms with E-state index in [2.05, 4.69) is 24.0 Å². The maximum atomic E-state index is 6.08. The second kappa shape index (κ2) is 5.36. The van der Waals surface area contributed by atoms with E-state index in [4.69, 9.17) is 15.0 Å². The van der Waals surface area contributed by atoms with Gasteiger partial charge in [0.05, 0.1) is 6.04 Å². The summed E-state index contributed by atoms with van der Waals surface area (Å²) in [4.78, 5) is 4.48. The molecule has 1 saturated carbocycles. The summed E-state index contributed by atoms with van der Waals surface area (Å²) in [6.45, 7) is 6.78. The summed E-state index contributed by atoms with van der Waals surface area (Å²) >= 11 is 0. The van der Waals surface area contributed by atoms with Gasteiger partial charge in [0.2, 0.25) is 11.7 Å². The molecule has 102 valence electrons. The van der Waals surface area contributed by atoms with Gasteiger partial charge in [-0.15, -0.1) is 0 Å². The van der Waals surface area contributed by atoms with Crippen LogP contribution >= 0.6 is 0 Å². The predicted molar refractivity (Wildman–Crippen MR) is 67.8 cm³/mol. The fourth-order valence-corrected chi connectivity index (χ4v) is 2.32. The number of nitrogens with two attached hydrogens (primary N) is 1. The standard InChI is InChI=1S/C13H23N3O2/c1-4-13(5-2,17-6-3)12-15-11(18-16-12)10(14)9-7-8-9/h9-10H,4-8,14H2,1-3H3. The first-order valence-corrected chi connectivity index (χ1v) is 6.90. The number of aromatic nitrogens is 2. The Balaban J connectivity index is 2.20. The molecule has 1 aromatic rings. The van der Waals surface area contributed by atoms with Gasteiger partial charge in [-0.3, -0.25) is 0 Å². The highest BCUT2D eigenvalue weighted by Crippen LogP contribution is 2.39. The second-order valence-electron chi connectivity index (χ2n) is 4.95. The summed E-state index contributed by atoms with van der Waals surface area (Å²) in [6.07, 6.45) is 3.98. The average molecular weight is 253 g/mol. The van der Waals surface area contributed by atoms with E-state index in [1.807, 2.05) is 6.92 Å². The van der Waals surface area contributed by atoms with Crippen molar-refractivity contribution in [2.45, 2.75) is 58.1 Å². The van der Waals surface area contributed by atoms with Crippen molar-refractivity contribution in [3.05, 3.63) is 11.7 Å². The molecule has 0 aromatic carbocycles. The lowest BCUT2D eigenvalue weighted by Gasteiger charge is -2.27. The molecule has 18 heavy (non-hydrogen) atoms. The molecule has 0 radical (unpaired) electrons. The van der Waals surface area contributed by atoms with Crippen molar-refractivity contribution in [2.24, 2.45) is 11.7 Å². The van der Waals surface area contributed by atoms with Crippen LogP contribution in [0.25, 0.3) is 0 Å². The molecule has 2 N–H and O–H groups in total. The van der Waals surface area contributed by atoms with Crippen LogP contribution in [0, 0.1) is 5.92 Å². The molecule has 0 bridgehead atoms. The second-order valence-corrected chi connectivity index (χ2v) is 4.95. The number of hydrogen-bond acceptors (Lipinski definition) is 5. The molecule has 5 heteroatoms. The first kappa shape index (κ1) is 13.5. The number of rotatable bonds is 7. The van der Waals surface area contributed by atoms with Crippen LogP contribution in [0.3, 0.4) is 0 Å². The van der Waals surface area contributed by atoms with Crippen molar-refractivity contribution in [3.8, 4) is 0 Å². The molecular weight excluding hydrogens is 230 g/mol. The monoisotopic (exact) mass is 253 g/mol. The van der Waals surface area contributed by atoms with E-state index < -0.39 is 5.60 Å². The Hall–Kier alpha value is -0.940. The van der Waals surface area contributed by atoms with Crippen LogP contribution in [0.15, 0.2) is 4.52 Å². The molecule has 2 rings (SSSR count). The van der Waals surface area contributed by atoms with Gasteiger partial charge in [0.25, 0.3) is 0 Å². The SMILES string of the molecule is CCOC(CC)(CC)c1noc(C(N)C2CC2)n1.